The van der Waals surface area contributed by atoms with Crippen molar-refractivity contribution in [3.05, 3.63) is 5.82 Å². The molecule has 1 heterocycles. The van der Waals surface area contributed by atoms with Crippen LogP contribution in [0.4, 0.5) is 13.2 Å². The van der Waals surface area contributed by atoms with Crippen LogP contribution in [0, 0.1) is 11.8 Å². The lowest BCUT2D eigenvalue weighted by molar-refractivity contribution is -0.197. The Morgan fingerprint density at radius 1 is 1.37 bits per heavy atom. The molecule has 1 aromatic heterocycles. The molecule has 2 rings (SSSR count). The summed E-state index contributed by atoms with van der Waals surface area (Å²) in [6.45, 7) is 0. The van der Waals surface area contributed by atoms with Crippen LogP contribution in [0.25, 0.3) is 0 Å². The van der Waals surface area contributed by atoms with Gasteiger partial charge in [-0.25, -0.2) is 0 Å². The Balaban J connectivity index is 2.07. The van der Waals surface area contributed by atoms with E-state index in [4.69, 9.17) is 0 Å². The van der Waals surface area contributed by atoms with Gasteiger partial charge in [-0.15, -0.1) is 10.2 Å². The highest BCUT2D eigenvalue weighted by molar-refractivity contribution is 5.83. The Kier molecular flexibility index (Phi) is 3.86. The molecule has 1 aromatic rings. The third kappa shape index (κ3) is 3.30. The fourth-order valence-corrected chi connectivity index (χ4v) is 2.59. The van der Waals surface area contributed by atoms with E-state index in [1.54, 1.807) is 7.05 Å². The first-order valence-corrected chi connectivity index (χ1v) is 6.20. The van der Waals surface area contributed by atoms with Gasteiger partial charge in [0.15, 0.2) is 5.82 Å². The van der Waals surface area contributed by atoms with Gasteiger partial charge in [0, 0.05) is 5.92 Å². The molecule has 19 heavy (non-hydrogen) atoms. The molecule has 0 bridgehead atoms. The Morgan fingerprint density at radius 3 is 2.63 bits per heavy atom. The van der Waals surface area contributed by atoms with Crippen molar-refractivity contribution in [3.63, 3.8) is 0 Å². The van der Waals surface area contributed by atoms with Gasteiger partial charge in [0.1, 0.15) is 5.78 Å². The highest BCUT2D eigenvalue weighted by Gasteiger charge is 2.47. The molecule has 106 valence electrons. The zero-order valence-corrected chi connectivity index (χ0v) is 10.5. The van der Waals surface area contributed by atoms with Crippen LogP contribution in [0.5, 0.6) is 0 Å². The quantitative estimate of drug-likeness (QED) is 0.843. The molecule has 0 saturated heterocycles. The minimum atomic E-state index is -4.31. The first-order valence-electron chi connectivity index (χ1n) is 6.20. The highest BCUT2D eigenvalue weighted by Crippen LogP contribution is 2.42. The standard InChI is InChI=1S/C11H15F3N4O/c1-18-16-10(15-17-18)6-9(19)7-4-2-3-5-8(7)11(12,13)14/h7-8H,2-6H2,1H3. The molecule has 0 amide bonds. The van der Waals surface area contributed by atoms with E-state index in [0.717, 1.165) is 0 Å². The maximum Gasteiger partial charge on any atom is 0.392 e. The Labute approximate surface area is 108 Å². The number of aromatic nitrogens is 4. The summed E-state index contributed by atoms with van der Waals surface area (Å²) in [7, 11) is 1.54. The van der Waals surface area contributed by atoms with Gasteiger partial charge in [0.05, 0.1) is 19.4 Å². The van der Waals surface area contributed by atoms with Crippen molar-refractivity contribution in [2.24, 2.45) is 18.9 Å². The molecule has 2 unspecified atom stereocenters. The molecule has 0 aromatic carbocycles. The van der Waals surface area contributed by atoms with Gasteiger partial charge in [-0.3, -0.25) is 4.79 Å². The summed E-state index contributed by atoms with van der Waals surface area (Å²) >= 11 is 0. The van der Waals surface area contributed by atoms with Crippen molar-refractivity contribution in [3.8, 4) is 0 Å². The SMILES string of the molecule is Cn1nnc(CC(=O)C2CCCCC2C(F)(F)F)n1. The monoisotopic (exact) mass is 276 g/mol. The fourth-order valence-electron chi connectivity index (χ4n) is 2.59. The van der Waals surface area contributed by atoms with E-state index in [1.165, 1.54) is 4.80 Å². The minimum Gasteiger partial charge on any atom is -0.299 e. The van der Waals surface area contributed by atoms with Crippen molar-refractivity contribution in [2.45, 2.75) is 38.3 Å². The molecule has 0 aliphatic heterocycles. The van der Waals surface area contributed by atoms with Gasteiger partial charge in [-0.1, -0.05) is 12.8 Å². The summed E-state index contributed by atoms with van der Waals surface area (Å²) in [6, 6.07) is 0. The average Bonchev–Trinajstić information content (AvgIpc) is 2.73. The normalized spacial score (nSPS) is 24.4. The third-order valence-electron chi connectivity index (χ3n) is 3.48. The second-order valence-corrected chi connectivity index (χ2v) is 4.88. The maximum atomic E-state index is 12.9. The Bertz CT molecular complexity index is 457. The molecular formula is C11H15F3N4O. The summed E-state index contributed by atoms with van der Waals surface area (Å²) in [5, 5.41) is 11.0. The smallest absolute Gasteiger partial charge is 0.299 e. The number of aryl methyl sites for hydroxylation is 1. The van der Waals surface area contributed by atoms with Crippen LogP contribution in [0.2, 0.25) is 0 Å². The van der Waals surface area contributed by atoms with E-state index >= 15 is 0 Å². The highest BCUT2D eigenvalue weighted by atomic mass is 19.4. The number of carbonyl (C=O) groups excluding carboxylic acids is 1. The lowest BCUT2D eigenvalue weighted by atomic mass is 9.76. The van der Waals surface area contributed by atoms with Gasteiger partial charge >= 0.3 is 6.18 Å². The number of Topliss-reactive ketones (excluding diaryl/α,β-unsaturated/α-hetero) is 1. The Hall–Kier alpha value is -1.47. The van der Waals surface area contributed by atoms with Crippen LogP contribution in [0.3, 0.4) is 0 Å². The second-order valence-electron chi connectivity index (χ2n) is 4.88. The lowest BCUT2D eigenvalue weighted by Gasteiger charge is -2.31. The number of nitrogens with zero attached hydrogens (tertiary/aromatic N) is 4. The summed E-state index contributed by atoms with van der Waals surface area (Å²) < 4.78 is 38.7. The van der Waals surface area contributed by atoms with Crippen LogP contribution in [0.1, 0.15) is 31.5 Å². The van der Waals surface area contributed by atoms with Gasteiger partial charge in [-0.05, 0) is 18.1 Å². The number of halogens is 3. The number of ketones is 1. The number of hydrogen-bond donors (Lipinski definition) is 0. The molecule has 1 aliphatic carbocycles. The van der Waals surface area contributed by atoms with Crippen molar-refractivity contribution in [2.75, 3.05) is 0 Å². The molecular weight excluding hydrogens is 261 g/mol. The van der Waals surface area contributed by atoms with Gasteiger partial charge in [-0.2, -0.15) is 18.0 Å². The average molecular weight is 276 g/mol. The van der Waals surface area contributed by atoms with E-state index in [0.29, 0.717) is 19.3 Å². The molecule has 1 aliphatic rings. The zero-order chi connectivity index (χ0) is 14.0. The third-order valence-corrected chi connectivity index (χ3v) is 3.48. The molecule has 0 radical (unpaired) electrons. The largest absolute Gasteiger partial charge is 0.392 e. The van der Waals surface area contributed by atoms with Crippen LogP contribution < -0.4 is 0 Å². The second kappa shape index (κ2) is 5.26. The van der Waals surface area contributed by atoms with Crippen LogP contribution >= 0.6 is 0 Å². The fraction of sp³-hybridized carbons (Fsp3) is 0.818. The number of tetrazole rings is 1. The maximum absolute atomic E-state index is 12.9. The topological polar surface area (TPSA) is 60.7 Å². The van der Waals surface area contributed by atoms with Gasteiger partial charge in [0.25, 0.3) is 0 Å². The van der Waals surface area contributed by atoms with Gasteiger partial charge in [0.2, 0.25) is 0 Å². The number of rotatable bonds is 3. The number of carbonyl (C=O) groups is 1. The van der Waals surface area contributed by atoms with Gasteiger partial charge < -0.3 is 0 Å². The first kappa shape index (κ1) is 14.0. The van der Waals surface area contributed by atoms with Crippen LogP contribution in [-0.2, 0) is 18.3 Å². The van der Waals surface area contributed by atoms with Crippen LogP contribution in [0.15, 0.2) is 0 Å². The van der Waals surface area contributed by atoms with Crippen molar-refractivity contribution in [1.29, 1.82) is 0 Å². The molecule has 8 heteroatoms. The number of alkyl halides is 3. The summed E-state index contributed by atoms with van der Waals surface area (Å²) in [5.41, 5.74) is 0. The lowest BCUT2D eigenvalue weighted by Crippen LogP contribution is -2.38. The molecule has 2 atom stereocenters. The van der Waals surface area contributed by atoms with Crippen LogP contribution in [-0.4, -0.2) is 32.2 Å². The first-order chi connectivity index (χ1) is 8.88. The van der Waals surface area contributed by atoms with E-state index in [2.05, 4.69) is 15.4 Å². The van der Waals surface area contributed by atoms with Crippen molar-refractivity contribution in [1.82, 2.24) is 20.2 Å². The number of hydrogen-bond acceptors (Lipinski definition) is 4. The van der Waals surface area contributed by atoms with Crippen molar-refractivity contribution < 1.29 is 18.0 Å². The summed E-state index contributed by atoms with van der Waals surface area (Å²) in [5.74, 6) is -2.74. The molecule has 5 nitrogen and oxygen atoms in total. The predicted molar refractivity (Wildman–Crippen MR) is 59.0 cm³/mol. The molecule has 1 fully saturated rings. The van der Waals surface area contributed by atoms with E-state index < -0.39 is 23.8 Å². The van der Waals surface area contributed by atoms with E-state index in [1.807, 2.05) is 0 Å². The summed E-state index contributed by atoms with van der Waals surface area (Å²) in [4.78, 5) is 13.2. The molecule has 0 spiro atoms. The Morgan fingerprint density at radius 2 is 2.05 bits per heavy atom. The molecule has 0 N–H and O–H groups in total. The molecule has 1 saturated carbocycles. The van der Waals surface area contributed by atoms with Crippen molar-refractivity contribution >= 4 is 5.78 Å². The van der Waals surface area contributed by atoms with E-state index in [-0.39, 0.29) is 18.7 Å². The van der Waals surface area contributed by atoms with E-state index in [9.17, 15) is 18.0 Å². The zero-order valence-electron chi connectivity index (χ0n) is 10.5. The predicted octanol–water partition coefficient (Wildman–Crippen LogP) is 1.69. The minimum absolute atomic E-state index is 0.0355. The summed E-state index contributed by atoms with van der Waals surface area (Å²) in [6.07, 6.45) is -2.97.